The van der Waals surface area contributed by atoms with Crippen molar-refractivity contribution in [1.82, 2.24) is 9.62 Å². The molecule has 6 nitrogen and oxygen atoms in total. The van der Waals surface area contributed by atoms with Gasteiger partial charge in [0.2, 0.25) is 10.0 Å². The van der Waals surface area contributed by atoms with Crippen molar-refractivity contribution in [2.24, 2.45) is 11.1 Å². The van der Waals surface area contributed by atoms with Crippen LogP contribution in [0, 0.1) is 5.41 Å². The number of hydrogen-bond acceptors (Lipinski definition) is 5. The maximum atomic E-state index is 12.6. The molecule has 0 unspecified atom stereocenters. The van der Waals surface area contributed by atoms with Gasteiger partial charge in [0, 0.05) is 30.6 Å². The van der Waals surface area contributed by atoms with Gasteiger partial charge in [0.05, 0.1) is 4.90 Å². The molecule has 3 N–H and O–H groups in total. The summed E-state index contributed by atoms with van der Waals surface area (Å²) >= 11 is 1.48. The minimum atomic E-state index is -3.69. The van der Waals surface area contributed by atoms with Gasteiger partial charge < -0.3 is 10.6 Å². The zero-order chi connectivity index (χ0) is 19.4. The number of hydrogen-bond donors (Lipinski definition) is 2. The molecule has 0 radical (unpaired) electrons. The molecule has 0 aliphatic rings. The molecule has 0 fully saturated rings. The lowest BCUT2D eigenvalue weighted by molar-refractivity contribution is 0.0740. The minimum Gasteiger partial charge on any atom is -0.341 e. The topological polar surface area (TPSA) is 92.5 Å². The van der Waals surface area contributed by atoms with Gasteiger partial charge in [0.15, 0.2) is 0 Å². The predicted molar refractivity (Wildman–Crippen MR) is 105 cm³/mol. The van der Waals surface area contributed by atoms with Crippen LogP contribution in [0.1, 0.15) is 29.1 Å². The highest BCUT2D eigenvalue weighted by molar-refractivity contribution is 7.89. The molecule has 2 aromatic rings. The fourth-order valence-electron chi connectivity index (χ4n) is 2.46. The molecule has 0 bridgehead atoms. The summed E-state index contributed by atoms with van der Waals surface area (Å²) in [6, 6.07) is 9.82. The summed E-state index contributed by atoms with van der Waals surface area (Å²) in [5, 5.41) is 1.89. The number of benzene rings is 1. The summed E-state index contributed by atoms with van der Waals surface area (Å²) < 4.78 is 27.6. The van der Waals surface area contributed by atoms with E-state index >= 15 is 0 Å². The molecule has 0 spiro atoms. The van der Waals surface area contributed by atoms with E-state index in [0.717, 1.165) is 4.88 Å². The van der Waals surface area contributed by atoms with E-state index in [9.17, 15) is 13.2 Å². The largest absolute Gasteiger partial charge is 0.341 e. The fraction of sp³-hybridized carbons (Fsp3) is 0.389. The summed E-state index contributed by atoms with van der Waals surface area (Å²) in [6.45, 7) is 5.11. The Morgan fingerprint density at radius 1 is 1.27 bits per heavy atom. The quantitative estimate of drug-likeness (QED) is 0.717. The molecule has 1 aromatic carbocycles. The van der Waals surface area contributed by atoms with Crippen LogP contribution in [-0.4, -0.2) is 39.4 Å². The van der Waals surface area contributed by atoms with Gasteiger partial charge in [-0.1, -0.05) is 26.0 Å². The van der Waals surface area contributed by atoms with E-state index in [2.05, 4.69) is 4.72 Å². The molecule has 0 aliphatic heterocycles. The van der Waals surface area contributed by atoms with Crippen LogP contribution in [0.4, 0.5) is 0 Å². The first kappa shape index (κ1) is 20.6. The number of sulfonamides is 1. The van der Waals surface area contributed by atoms with Crippen LogP contribution < -0.4 is 10.5 Å². The second-order valence-corrected chi connectivity index (χ2v) is 9.76. The highest BCUT2D eigenvalue weighted by Crippen LogP contribution is 2.18. The number of nitrogens with one attached hydrogen (secondary N) is 1. The van der Waals surface area contributed by atoms with Crippen LogP contribution in [0.15, 0.2) is 46.7 Å². The minimum absolute atomic E-state index is 0.0754. The highest BCUT2D eigenvalue weighted by atomic mass is 32.2. The third-order valence-corrected chi connectivity index (χ3v) is 6.25. The van der Waals surface area contributed by atoms with E-state index in [1.165, 1.54) is 23.5 Å². The summed E-state index contributed by atoms with van der Waals surface area (Å²) in [6.07, 6.45) is 0. The van der Waals surface area contributed by atoms with Gasteiger partial charge in [0.25, 0.3) is 5.91 Å². The van der Waals surface area contributed by atoms with Gasteiger partial charge in [-0.2, -0.15) is 0 Å². The Bertz CT molecular complexity index is 846. The van der Waals surface area contributed by atoms with Crippen molar-refractivity contribution in [2.45, 2.75) is 25.3 Å². The van der Waals surface area contributed by atoms with Crippen LogP contribution >= 0.6 is 11.3 Å². The number of nitrogens with zero attached hydrogens (tertiary/aromatic N) is 1. The first-order valence-corrected chi connectivity index (χ1v) is 10.6. The van der Waals surface area contributed by atoms with Crippen LogP contribution in [0.2, 0.25) is 0 Å². The zero-order valence-corrected chi connectivity index (χ0v) is 16.9. The molecule has 1 heterocycles. The third-order valence-electron chi connectivity index (χ3n) is 3.97. The molecule has 0 saturated heterocycles. The van der Waals surface area contributed by atoms with Crippen LogP contribution in [-0.2, 0) is 16.6 Å². The van der Waals surface area contributed by atoms with Crippen LogP contribution in [0.25, 0.3) is 0 Å². The number of carbonyl (C=O) groups excluding carboxylic acids is 1. The Hall–Kier alpha value is -1.74. The van der Waals surface area contributed by atoms with E-state index in [0.29, 0.717) is 18.7 Å². The maximum Gasteiger partial charge on any atom is 0.253 e. The van der Waals surface area contributed by atoms with Crippen molar-refractivity contribution >= 4 is 27.3 Å². The maximum absolute atomic E-state index is 12.6. The predicted octanol–water partition coefficient (Wildman–Crippen LogP) is 2.28. The van der Waals surface area contributed by atoms with E-state index in [1.807, 2.05) is 31.4 Å². The second-order valence-electron chi connectivity index (χ2n) is 6.96. The average molecular weight is 396 g/mol. The number of nitrogens with two attached hydrogens (primary N) is 1. The zero-order valence-electron chi connectivity index (χ0n) is 15.2. The molecule has 1 aromatic heterocycles. The van der Waals surface area contributed by atoms with E-state index in [4.69, 9.17) is 5.73 Å². The van der Waals surface area contributed by atoms with Gasteiger partial charge in [-0.15, -0.1) is 11.3 Å². The molecule has 0 saturated carbocycles. The number of thiophene rings is 1. The summed E-state index contributed by atoms with van der Waals surface area (Å²) in [5.74, 6) is -0.234. The number of rotatable bonds is 8. The van der Waals surface area contributed by atoms with Gasteiger partial charge in [-0.05, 0) is 41.6 Å². The molecule has 8 heteroatoms. The summed E-state index contributed by atoms with van der Waals surface area (Å²) in [4.78, 5) is 15.2. The third kappa shape index (κ3) is 5.38. The Morgan fingerprint density at radius 3 is 2.62 bits per heavy atom. The lowest BCUT2D eigenvalue weighted by Gasteiger charge is -2.29. The van der Waals surface area contributed by atoms with Crippen molar-refractivity contribution in [1.29, 1.82) is 0 Å². The van der Waals surface area contributed by atoms with Crippen molar-refractivity contribution in [2.75, 3.05) is 20.1 Å². The molecule has 1 amide bonds. The van der Waals surface area contributed by atoms with Crippen molar-refractivity contribution in [3.8, 4) is 0 Å². The normalized spacial score (nSPS) is 12.2. The van der Waals surface area contributed by atoms with E-state index in [1.54, 1.807) is 24.1 Å². The molecule has 0 atom stereocenters. The molecule has 26 heavy (non-hydrogen) atoms. The van der Waals surface area contributed by atoms with Crippen LogP contribution in [0.3, 0.4) is 0 Å². The van der Waals surface area contributed by atoms with Gasteiger partial charge >= 0.3 is 0 Å². The molecular formula is C18H25N3O3S2. The Morgan fingerprint density at radius 2 is 2.00 bits per heavy atom. The highest BCUT2D eigenvalue weighted by Gasteiger charge is 2.23. The van der Waals surface area contributed by atoms with Crippen molar-refractivity contribution < 1.29 is 13.2 Å². The van der Waals surface area contributed by atoms with Gasteiger partial charge in [-0.3, -0.25) is 4.79 Å². The Labute approximate surface area is 159 Å². The number of amides is 1. The lowest BCUT2D eigenvalue weighted by Crippen LogP contribution is -2.39. The average Bonchev–Trinajstić information content (AvgIpc) is 3.13. The van der Waals surface area contributed by atoms with Crippen molar-refractivity contribution in [3.63, 3.8) is 0 Å². The molecule has 0 aliphatic carbocycles. The van der Waals surface area contributed by atoms with Gasteiger partial charge in [0.1, 0.15) is 0 Å². The van der Waals surface area contributed by atoms with Gasteiger partial charge in [-0.25, -0.2) is 13.1 Å². The SMILES string of the molecule is CN(CC(C)(C)CN)C(=O)c1cccc(S(=O)(=O)NCc2cccs2)c1. The van der Waals surface area contributed by atoms with E-state index < -0.39 is 10.0 Å². The monoisotopic (exact) mass is 395 g/mol. The molecule has 142 valence electrons. The Kier molecular flexibility index (Phi) is 6.57. The first-order valence-electron chi connectivity index (χ1n) is 8.22. The Balaban J connectivity index is 2.14. The molecular weight excluding hydrogens is 370 g/mol. The molecule has 2 rings (SSSR count). The number of carbonyl (C=O) groups is 1. The van der Waals surface area contributed by atoms with E-state index in [-0.39, 0.29) is 22.8 Å². The summed E-state index contributed by atoms with van der Waals surface area (Å²) in [7, 11) is -2.00. The lowest BCUT2D eigenvalue weighted by atomic mass is 9.93. The first-order chi connectivity index (χ1) is 12.1. The smallest absolute Gasteiger partial charge is 0.253 e. The summed E-state index contributed by atoms with van der Waals surface area (Å²) in [5.41, 5.74) is 5.84. The standard InChI is InChI=1S/C18H25N3O3S2/c1-18(2,12-19)13-21(3)17(22)14-6-4-8-16(10-14)26(23,24)20-11-15-7-5-9-25-15/h4-10,20H,11-13,19H2,1-3H3. The fourth-order valence-corrected chi connectivity index (χ4v) is 4.25. The van der Waals surface area contributed by atoms with Crippen LogP contribution in [0.5, 0.6) is 0 Å². The second kappa shape index (κ2) is 8.30. The van der Waals surface area contributed by atoms with Crippen molar-refractivity contribution in [3.05, 3.63) is 52.2 Å².